The number of fused-ring (bicyclic) bond motifs is 1. The van der Waals surface area contributed by atoms with Gasteiger partial charge in [-0.05, 0) is 49.5 Å². The molecule has 152 valence electrons. The standard InChI is InChI=1S/C24H30N4O/c1-2-16-29-17-15-28-23(26-22-9-6-12-25-24(22)28)18-20-10-13-27(14-11-20)19-21-7-4-3-5-8-21/h2-9,12,20H,1,10-11,13-19H2. The molecule has 29 heavy (non-hydrogen) atoms. The first kappa shape index (κ1) is 19.8. The van der Waals surface area contributed by atoms with E-state index in [2.05, 4.69) is 57.4 Å². The van der Waals surface area contributed by atoms with Crippen molar-refractivity contribution in [2.45, 2.75) is 32.4 Å². The van der Waals surface area contributed by atoms with Crippen LogP contribution in [-0.2, 0) is 24.2 Å². The van der Waals surface area contributed by atoms with Crippen molar-refractivity contribution in [3.8, 4) is 0 Å². The summed E-state index contributed by atoms with van der Waals surface area (Å²) in [5.74, 6) is 1.81. The molecule has 1 aromatic carbocycles. The number of imidazole rings is 1. The summed E-state index contributed by atoms with van der Waals surface area (Å²) in [6.45, 7) is 9.08. The van der Waals surface area contributed by atoms with Crippen molar-refractivity contribution < 1.29 is 4.74 Å². The lowest BCUT2D eigenvalue weighted by Gasteiger charge is -2.32. The fourth-order valence-electron chi connectivity index (χ4n) is 4.17. The van der Waals surface area contributed by atoms with Crippen LogP contribution < -0.4 is 0 Å². The normalized spacial score (nSPS) is 15.7. The average Bonchev–Trinajstić information content (AvgIpc) is 3.10. The van der Waals surface area contributed by atoms with Gasteiger partial charge in [0.15, 0.2) is 5.65 Å². The molecule has 0 spiro atoms. The van der Waals surface area contributed by atoms with Crippen LogP contribution in [0.1, 0.15) is 24.2 Å². The van der Waals surface area contributed by atoms with Crippen LogP contribution in [0.15, 0.2) is 61.3 Å². The maximum atomic E-state index is 5.62. The van der Waals surface area contributed by atoms with E-state index in [4.69, 9.17) is 9.72 Å². The maximum Gasteiger partial charge on any atom is 0.160 e. The van der Waals surface area contributed by atoms with Gasteiger partial charge in [-0.25, -0.2) is 9.97 Å². The SMILES string of the molecule is C=CCOCCn1c(CC2CCN(Cc3ccccc3)CC2)nc2cccnc21. The molecule has 1 aliphatic heterocycles. The van der Waals surface area contributed by atoms with Crippen LogP contribution in [0.4, 0.5) is 0 Å². The van der Waals surface area contributed by atoms with Crippen LogP contribution >= 0.6 is 0 Å². The van der Waals surface area contributed by atoms with Gasteiger partial charge in [-0.1, -0.05) is 36.4 Å². The third-order valence-electron chi connectivity index (χ3n) is 5.71. The van der Waals surface area contributed by atoms with Crippen molar-refractivity contribution in [1.82, 2.24) is 19.4 Å². The van der Waals surface area contributed by atoms with Crippen LogP contribution in [-0.4, -0.2) is 45.7 Å². The Morgan fingerprint density at radius 3 is 2.72 bits per heavy atom. The molecule has 0 N–H and O–H groups in total. The number of rotatable bonds is 9. The highest BCUT2D eigenvalue weighted by Gasteiger charge is 2.22. The lowest BCUT2D eigenvalue weighted by molar-refractivity contribution is 0.151. The average molecular weight is 391 g/mol. The zero-order valence-corrected chi connectivity index (χ0v) is 17.0. The Morgan fingerprint density at radius 1 is 1.10 bits per heavy atom. The Hall–Kier alpha value is -2.50. The second-order valence-electron chi connectivity index (χ2n) is 7.80. The summed E-state index contributed by atoms with van der Waals surface area (Å²) in [5, 5.41) is 0. The molecule has 0 unspecified atom stereocenters. The van der Waals surface area contributed by atoms with Gasteiger partial charge in [-0.15, -0.1) is 6.58 Å². The molecule has 4 rings (SSSR count). The van der Waals surface area contributed by atoms with E-state index in [1.54, 1.807) is 6.08 Å². The second-order valence-corrected chi connectivity index (χ2v) is 7.80. The lowest BCUT2D eigenvalue weighted by atomic mass is 9.93. The Bertz CT molecular complexity index is 913. The molecule has 1 aliphatic rings. The zero-order valence-electron chi connectivity index (χ0n) is 17.0. The minimum absolute atomic E-state index is 0.579. The molecule has 1 fully saturated rings. The van der Waals surface area contributed by atoms with Gasteiger partial charge in [0.05, 0.1) is 13.2 Å². The molecule has 0 saturated carbocycles. The first-order valence-electron chi connectivity index (χ1n) is 10.6. The van der Waals surface area contributed by atoms with Crippen molar-refractivity contribution >= 4 is 11.2 Å². The largest absolute Gasteiger partial charge is 0.376 e. The first-order chi connectivity index (χ1) is 14.3. The number of piperidine rings is 1. The Morgan fingerprint density at radius 2 is 1.93 bits per heavy atom. The van der Waals surface area contributed by atoms with Gasteiger partial charge in [0.25, 0.3) is 0 Å². The molecule has 0 amide bonds. The fourth-order valence-corrected chi connectivity index (χ4v) is 4.17. The quantitative estimate of drug-likeness (QED) is 0.408. The molecule has 3 heterocycles. The van der Waals surface area contributed by atoms with Gasteiger partial charge in [0.1, 0.15) is 11.3 Å². The molecule has 1 saturated heterocycles. The third-order valence-corrected chi connectivity index (χ3v) is 5.71. The highest BCUT2D eigenvalue weighted by Crippen LogP contribution is 2.24. The minimum Gasteiger partial charge on any atom is -0.376 e. The van der Waals surface area contributed by atoms with Crippen LogP contribution in [0, 0.1) is 5.92 Å². The Balaban J connectivity index is 1.38. The van der Waals surface area contributed by atoms with Gasteiger partial charge in [0.2, 0.25) is 0 Å². The number of likely N-dealkylation sites (tertiary alicyclic amines) is 1. The van der Waals surface area contributed by atoms with E-state index in [0.29, 0.717) is 19.1 Å². The number of pyridine rings is 1. The smallest absolute Gasteiger partial charge is 0.160 e. The molecule has 0 aliphatic carbocycles. The van der Waals surface area contributed by atoms with Crippen LogP contribution in [0.2, 0.25) is 0 Å². The predicted molar refractivity (Wildman–Crippen MR) is 117 cm³/mol. The van der Waals surface area contributed by atoms with Gasteiger partial charge >= 0.3 is 0 Å². The van der Waals surface area contributed by atoms with Gasteiger partial charge in [-0.2, -0.15) is 0 Å². The van der Waals surface area contributed by atoms with E-state index in [1.165, 1.54) is 18.4 Å². The fraction of sp³-hybridized carbons (Fsp3) is 0.417. The van der Waals surface area contributed by atoms with Crippen molar-refractivity contribution in [2.75, 3.05) is 26.3 Å². The van der Waals surface area contributed by atoms with E-state index in [-0.39, 0.29) is 0 Å². The van der Waals surface area contributed by atoms with Gasteiger partial charge in [-0.3, -0.25) is 4.90 Å². The van der Waals surface area contributed by atoms with Crippen LogP contribution in [0.25, 0.3) is 11.2 Å². The monoisotopic (exact) mass is 390 g/mol. The summed E-state index contributed by atoms with van der Waals surface area (Å²) < 4.78 is 7.86. The molecular formula is C24H30N4O. The number of benzene rings is 1. The third kappa shape index (κ3) is 5.11. The summed E-state index contributed by atoms with van der Waals surface area (Å²) in [5.41, 5.74) is 3.34. The molecule has 0 radical (unpaired) electrons. The number of ether oxygens (including phenoxy) is 1. The molecule has 5 heteroatoms. The topological polar surface area (TPSA) is 43.2 Å². The van der Waals surface area contributed by atoms with Crippen LogP contribution in [0.5, 0.6) is 0 Å². The highest BCUT2D eigenvalue weighted by atomic mass is 16.5. The summed E-state index contributed by atoms with van der Waals surface area (Å²) in [6, 6.07) is 14.8. The lowest BCUT2D eigenvalue weighted by Crippen LogP contribution is -2.34. The predicted octanol–water partition coefficient (Wildman–Crippen LogP) is 4.09. The number of aromatic nitrogens is 3. The molecular weight excluding hydrogens is 360 g/mol. The highest BCUT2D eigenvalue weighted by molar-refractivity contribution is 5.71. The Labute approximate surface area is 173 Å². The second kappa shape index (κ2) is 9.81. The molecule has 5 nitrogen and oxygen atoms in total. The van der Waals surface area contributed by atoms with Crippen molar-refractivity contribution in [3.63, 3.8) is 0 Å². The summed E-state index contributed by atoms with van der Waals surface area (Å²) in [7, 11) is 0. The zero-order chi connectivity index (χ0) is 19.9. The molecule has 0 bridgehead atoms. The number of nitrogens with zero attached hydrogens (tertiary/aromatic N) is 4. The first-order valence-corrected chi connectivity index (χ1v) is 10.6. The molecule has 0 atom stereocenters. The number of hydrogen-bond acceptors (Lipinski definition) is 4. The Kier molecular flexibility index (Phi) is 6.70. The summed E-state index contributed by atoms with van der Waals surface area (Å²) >= 11 is 0. The molecule has 2 aromatic heterocycles. The summed E-state index contributed by atoms with van der Waals surface area (Å²) in [6.07, 6.45) is 7.08. The summed E-state index contributed by atoms with van der Waals surface area (Å²) in [4.78, 5) is 12.0. The minimum atomic E-state index is 0.579. The van der Waals surface area contributed by atoms with E-state index in [0.717, 1.165) is 49.6 Å². The van der Waals surface area contributed by atoms with E-state index in [9.17, 15) is 0 Å². The molecule has 3 aromatic rings. The van der Waals surface area contributed by atoms with Crippen LogP contribution in [0.3, 0.4) is 0 Å². The van der Waals surface area contributed by atoms with Gasteiger partial charge in [0, 0.05) is 25.7 Å². The van der Waals surface area contributed by atoms with E-state index in [1.807, 2.05) is 12.3 Å². The van der Waals surface area contributed by atoms with Crippen molar-refractivity contribution in [3.05, 3.63) is 72.7 Å². The number of hydrogen-bond donors (Lipinski definition) is 0. The van der Waals surface area contributed by atoms with Crippen molar-refractivity contribution in [2.24, 2.45) is 5.92 Å². The maximum absolute atomic E-state index is 5.62. The van der Waals surface area contributed by atoms with Gasteiger partial charge < -0.3 is 9.30 Å². The van der Waals surface area contributed by atoms with E-state index >= 15 is 0 Å². The van der Waals surface area contributed by atoms with E-state index < -0.39 is 0 Å². The van der Waals surface area contributed by atoms with Crippen molar-refractivity contribution in [1.29, 1.82) is 0 Å².